The molecule has 19 heavy (non-hydrogen) atoms. The summed E-state index contributed by atoms with van der Waals surface area (Å²) in [5.74, 6) is 0.717. The van der Waals surface area contributed by atoms with E-state index >= 15 is 0 Å². The van der Waals surface area contributed by atoms with Crippen LogP contribution in [-0.4, -0.2) is 36.5 Å². The minimum atomic E-state index is 0.0846. The van der Waals surface area contributed by atoms with Gasteiger partial charge in [-0.15, -0.1) is 0 Å². The lowest BCUT2D eigenvalue weighted by atomic mass is 9.88. The van der Waals surface area contributed by atoms with Gasteiger partial charge in [-0.25, -0.2) is 0 Å². The average Bonchev–Trinajstić information content (AvgIpc) is 2.38. The van der Waals surface area contributed by atoms with E-state index in [0.29, 0.717) is 12.0 Å². The number of carbonyl (C=O) groups is 1. The van der Waals surface area contributed by atoms with Gasteiger partial charge >= 0.3 is 0 Å². The van der Waals surface area contributed by atoms with Crippen LogP contribution in [0.15, 0.2) is 30.3 Å². The summed E-state index contributed by atoms with van der Waals surface area (Å²) in [6.07, 6.45) is 2.19. The fourth-order valence-corrected chi connectivity index (χ4v) is 3.05. The molecule has 1 heterocycles. The van der Waals surface area contributed by atoms with E-state index in [-0.39, 0.29) is 5.91 Å². The molecule has 1 amide bonds. The fraction of sp³-hybridized carbons (Fsp3) is 0.562. The fourth-order valence-electron chi connectivity index (χ4n) is 3.05. The second-order valence-corrected chi connectivity index (χ2v) is 5.54. The summed E-state index contributed by atoms with van der Waals surface area (Å²) >= 11 is 0. The number of benzene rings is 1. The van der Waals surface area contributed by atoms with Crippen LogP contribution in [0.25, 0.3) is 0 Å². The van der Waals surface area contributed by atoms with E-state index in [4.69, 9.17) is 0 Å². The smallest absolute Gasteiger partial charge is 0.217 e. The van der Waals surface area contributed by atoms with Crippen molar-refractivity contribution in [1.29, 1.82) is 0 Å². The minimum absolute atomic E-state index is 0.0846. The van der Waals surface area contributed by atoms with Crippen LogP contribution in [0.5, 0.6) is 0 Å². The standard InChI is InChI=1S/C16H24N2O/c1-3-18-11-15(9-14-7-5-4-6-8-14)10-16(12-18)17-13(2)19/h4-8,15-16H,3,9-12H2,1-2H3,(H,17,19). The van der Waals surface area contributed by atoms with Crippen molar-refractivity contribution in [3.8, 4) is 0 Å². The quantitative estimate of drug-likeness (QED) is 0.899. The highest BCUT2D eigenvalue weighted by atomic mass is 16.1. The Kier molecular flexibility index (Phi) is 4.97. The normalized spacial score (nSPS) is 24.1. The predicted octanol–water partition coefficient (Wildman–Crippen LogP) is 2.08. The summed E-state index contributed by atoms with van der Waals surface area (Å²) < 4.78 is 0. The van der Waals surface area contributed by atoms with Crippen LogP contribution < -0.4 is 5.32 Å². The van der Waals surface area contributed by atoms with Crippen molar-refractivity contribution in [3.05, 3.63) is 35.9 Å². The van der Waals surface area contributed by atoms with Crippen molar-refractivity contribution >= 4 is 5.91 Å². The monoisotopic (exact) mass is 260 g/mol. The molecule has 0 radical (unpaired) electrons. The van der Waals surface area contributed by atoms with Crippen molar-refractivity contribution < 1.29 is 4.79 Å². The molecule has 0 aliphatic carbocycles. The number of piperidine rings is 1. The van der Waals surface area contributed by atoms with Gasteiger partial charge < -0.3 is 10.2 Å². The molecule has 1 fully saturated rings. The van der Waals surface area contributed by atoms with Crippen LogP contribution >= 0.6 is 0 Å². The molecule has 0 spiro atoms. The summed E-state index contributed by atoms with van der Waals surface area (Å²) in [4.78, 5) is 13.7. The highest BCUT2D eigenvalue weighted by Crippen LogP contribution is 2.21. The van der Waals surface area contributed by atoms with E-state index in [1.807, 2.05) is 0 Å². The number of carbonyl (C=O) groups excluding carboxylic acids is 1. The predicted molar refractivity (Wildman–Crippen MR) is 78.0 cm³/mol. The number of nitrogens with zero attached hydrogens (tertiary/aromatic N) is 1. The molecular formula is C16H24N2O. The summed E-state index contributed by atoms with van der Waals surface area (Å²) in [7, 11) is 0. The maximum absolute atomic E-state index is 11.2. The molecule has 0 aromatic heterocycles. The average molecular weight is 260 g/mol. The van der Waals surface area contributed by atoms with Gasteiger partial charge in [0.15, 0.2) is 0 Å². The molecule has 1 aromatic carbocycles. The number of nitrogens with one attached hydrogen (secondary N) is 1. The van der Waals surface area contributed by atoms with Gasteiger partial charge in [0.25, 0.3) is 0 Å². The minimum Gasteiger partial charge on any atom is -0.352 e. The molecule has 3 nitrogen and oxygen atoms in total. The lowest BCUT2D eigenvalue weighted by molar-refractivity contribution is -0.120. The van der Waals surface area contributed by atoms with Gasteiger partial charge in [0.05, 0.1) is 0 Å². The number of hydrogen-bond donors (Lipinski definition) is 1. The first kappa shape index (κ1) is 14.1. The molecular weight excluding hydrogens is 236 g/mol. The SMILES string of the molecule is CCN1CC(Cc2ccccc2)CC(NC(C)=O)C1. The summed E-state index contributed by atoms with van der Waals surface area (Å²) in [6, 6.07) is 10.9. The highest BCUT2D eigenvalue weighted by Gasteiger charge is 2.26. The molecule has 1 saturated heterocycles. The zero-order valence-electron chi connectivity index (χ0n) is 11.9. The van der Waals surface area contributed by atoms with Crippen molar-refractivity contribution in [2.24, 2.45) is 5.92 Å². The van der Waals surface area contributed by atoms with Crippen molar-refractivity contribution in [1.82, 2.24) is 10.2 Å². The Labute approximate surface area is 116 Å². The van der Waals surface area contributed by atoms with E-state index < -0.39 is 0 Å². The molecule has 1 aliphatic rings. The molecule has 104 valence electrons. The van der Waals surface area contributed by atoms with Gasteiger partial charge in [-0.1, -0.05) is 37.3 Å². The van der Waals surface area contributed by atoms with E-state index in [1.54, 1.807) is 6.92 Å². The van der Waals surface area contributed by atoms with E-state index in [2.05, 4.69) is 47.5 Å². The topological polar surface area (TPSA) is 32.3 Å². The van der Waals surface area contributed by atoms with Crippen LogP contribution in [0.4, 0.5) is 0 Å². The largest absolute Gasteiger partial charge is 0.352 e. The Morgan fingerprint density at radius 3 is 2.68 bits per heavy atom. The van der Waals surface area contributed by atoms with Crippen LogP contribution in [0, 0.1) is 5.92 Å². The molecule has 1 N–H and O–H groups in total. The molecule has 1 aliphatic heterocycles. The molecule has 2 atom stereocenters. The van der Waals surface area contributed by atoms with Crippen LogP contribution in [0.3, 0.4) is 0 Å². The van der Waals surface area contributed by atoms with Crippen LogP contribution in [0.1, 0.15) is 25.8 Å². The maximum Gasteiger partial charge on any atom is 0.217 e. The molecule has 0 bridgehead atoms. The first-order valence-corrected chi connectivity index (χ1v) is 7.20. The lowest BCUT2D eigenvalue weighted by Crippen LogP contribution is -2.50. The Hall–Kier alpha value is -1.35. The van der Waals surface area contributed by atoms with Gasteiger partial charge in [-0.3, -0.25) is 4.79 Å². The molecule has 3 heteroatoms. The highest BCUT2D eigenvalue weighted by molar-refractivity contribution is 5.73. The zero-order valence-corrected chi connectivity index (χ0v) is 11.9. The summed E-state index contributed by atoms with van der Waals surface area (Å²) in [5, 5.41) is 3.08. The van der Waals surface area contributed by atoms with E-state index in [9.17, 15) is 4.79 Å². The van der Waals surface area contributed by atoms with E-state index in [0.717, 1.165) is 32.5 Å². The van der Waals surface area contributed by atoms with Gasteiger partial charge in [-0.05, 0) is 30.9 Å². The maximum atomic E-state index is 11.2. The first-order chi connectivity index (χ1) is 9.17. The molecule has 0 saturated carbocycles. The van der Waals surface area contributed by atoms with Gasteiger partial charge in [0, 0.05) is 26.1 Å². The number of hydrogen-bond acceptors (Lipinski definition) is 2. The second-order valence-electron chi connectivity index (χ2n) is 5.54. The first-order valence-electron chi connectivity index (χ1n) is 7.20. The van der Waals surface area contributed by atoms with Gasteiger partial charge in [-0.2, -0.15) is 0 Å². The summed E-state index contributed by atoms with van der Waals surface area (Å²) in [6.45, 7) is 6.98. The summed E-state index contributed by atoms with van der Waals surface area (Å²) in [5.41, 5.74) is 1.40. The third-order valence-electron chi connectivity index (χ3n) is 3.83. The van der Waals surface area contributed by atoms with Crippen molar-refractivity contribution in [3.63, 3.8) is 0 Å². The van der Waals surface area contributed by atoms with Crippen LogP contribution in [-0.2, 0) is 11.2 Å². The second kappa shape index (κ2) is 6.71. The van der Waals surface area contributed by atoms with E-state index in [1.165, 1.54) is 5.56 Å². The third kappa shape index (κ3) is 4.35. The van der Waals surface area contributed by atoms with Crippen molar-refractivity contribution in [2.45, 2.75) is 32.7 Å². The lowest BCUT2D eigenvalue weighted by Gasteiger charge is -2.37. The van der Waals surface area contributed by atoms with Gasteiger partial charge in [0.2, 0.25) is 5.91 Å². The number of rotatable bonds is 4. The third-order valence-corrected chi connectivity index (χ3v) is 3.83. The Morgan fingerprint density at radius 2 is 2.05 bits per heavy atom. The molecule has 1 aromatic rings. The molecule has 2 rings (SSSR count). The Bertz CT molecular complexity index is 404. The number of likely N-dealkylation sites (tertiary alicyclic amines) is 1. The Balaban J connectivity index is 1.97. The zero-order chi connectivity index (χ0) is 13.7. The van der Waals surface area contributed by atoms with Crippen molar-refractivity contribution in [2.75, 3.05) is 19.6 Å². The number of likely N-dealkylation sites (N-methyl/N-ethyl adjacent to an activating group) is 1. The number of amides is 1. The van der Waals surface area contributed by atoms with Gasteiger partial charge in [0.1, 0.15) is 0 Å². The van der Waals surface area contributed by atoms with Crippen LogP contribution in [0.2, 0.25) is 0 Å². The molecule has 2 unspecified atom stereocenters. The Morgan fingerprint density at radius 1 is 1.32 bits per heavy atom.